The summed E-state index contributed by atoms with van der Waals surface area (Å²) >= 11 is 1.77. The second-order valence-electron chi connectivity index (χ2n) is 4.73. The molecule has 0 saturated heterocycles. The second-order valence-corrected chi connectivity index (χ2v) is 5.72. The van der Waals surface area contributed by atoms with Crippen molar-refractivity contribution in [1.29, 1.82) is 0 Å². The normalized spacial score (nSPS) is 11.5. The molecule has 1 amide bonds. The van der Waals surface area contributed by atoms with Crippen molar-refractivity contribution in [2.24, 2.45) is 0 Å². The molecule has 0 aromatic heterocycles. The number of carbonyl (C=O) groups is 1. The van der Waals surface area contributed by atoms with Crippen molar-refractivity contribution in [3.63, 3.8) is 0 Å². The van der Waals surface area contributed by atoms with Gasteiger partial charge in [-0.2, -0.15) is 11.8 Å². The fourth-order valence-electron chi connectivity index (χ4n) is 1.09. The number of hydrogen-bond acceptors (Lipinski definition) is 3. The summed E-state index contributed by atoms with van der Waals surface area (Å²) in [5, 5.41) is 3.31. The lowest BCUT2D eigenvalue weighted by molar-refractivity contribution is -0.129. The SMILES string of the molecule is CSCCN(C)C(=O)CCNC(C)(C)C. The van der Waals surface area contributed by atoms with Crippen molar-refractivity contribution in [1.82, 2.24) is 10.2 Å². The van der Waals surface area contributed by atoms with Gasteiger partial charge in [-0.25, -0.2) is 0 Å². The van der Waals surface area contributed by atoms with Crippen molar-refractivity contribution < 1.29 is 4.79 Å². The molecule has 0 unspecified atom stereocenters. The van der Waals surface area contributed by atoms with Gasteiger partial charge in [0.2, 0.25) is 5.91 Å². The molecule has 0 atom stereocenters. The minimum absolute atomic E-state index is 0.0954. The summed E-state index contributed by atoms with van der Waals surface area (Å²) in [5.41, 5.74) is 0.0954. The molecule has 0 aromatic carbocycles. The number of amides is 1. The third kappa shape index (κ3) is 8.75. The quantitative estimate of drug-likeness (QED) is 0.755. The van der Waals surface area contributed by atoms with Crippen LogP contribution >= 0.6 is 11.8 Å². The van der Waals surface area contributed by atoms with Crippen LogP contribution in [-0.4, -0.2) is 48.5 Å². The van der Waals surface area contributed by atoms with E-state index in [4.69, 9.17) is 0 Å². The molecule has 0 radical (unpaired) electrons. The van der Waals surface area contributed by atoms with E-state index in [0.717, 1.165) is 18.8 Å². The van der Waals surface area contributed by atoms with Crippen LogP contribution in [0.5, 0.6) is 0 Å². The fraction of sp³-hybridized carbons (Fsp3) is 0.909. The molecule has 0 rings (SSSR count). The monoisotopic (exact) mass is 232 g/mol. The van der Waals surface area contributed by atoms with Crippen LogP contribution in [0.4, 0.5) is 0 Å². The molecule has 0 heterocycles. The molecule has 0 aliphatic rings. The Kier molecular flexibility index (Phi) is 7.02. The molecule has 1 N–H and O–H groups in total. The number of thioether (sulfide) groups is 1. The van der Waals surface area contributed by atoms with E-state index in [2.05, 4.69) is 32.3 Å². The zero-order valence-corrected chi connectivity index (χ0v) is 11.4. The van der Waals surface area contributed by atoms with Crippen LogP contribution in [0, 0.1) is 0 Å². The van der Waals surface area contributed by atoms with Crippen molar-refractivity contribution in [2.75, 3.05) is 32.1 Å². The van der Waals surface area contributed by atoms with Gasteiger partial charge in [-0.15, -0.1) is 0 Å². The van der Waals surface area contributed by atoms with Crippen LogP contribution in [0.15, 0.2) is 0 Å². The maximum Gasteiger partial charge on any atom is 0.223 e. The van der Waals surface area contributed by atoms with E-state index in [1.807, 2.05) is 7.05 Å². The lowest BCUT2D eigenvalue weighted by Crippen LogP contribution is -2.39. The predicted octanol–water partition coefficient (Wildman–Crippen LogP) is 1.59. The van der Waals surface area contributed by atoms with Gasteiger partial charge in [0.05, 0.1) is 0 Å². The molecule has 0 spiro atoms. The molecule has 0 aliphatic carbocycles. The van der Waals surface area contributed by atoms with Gasteiger partial charge < -0.3 is 10.2 Å². The van der Waals surface area contributed by atoms with E-state index in [9.17, 15) is 4.79 Å². The first-order valence-electron chi connectivity index (χ1n) is 5.35. The number of rotatable bonds is 6. The Morgan fingerprint density at radius 2 is 2.00 bits per heavy atom. The van der Waals surface area contributed by atoms with Crippen LogP contribution in [0.3, 0.4) is 0 Å². The maximum atomic E-state index is 11.6. The molecule has 0 bridgehead atoms. The lowest BCUT2D eigenvalue weighted by Gasteiger charge is -2.22. The highest BCUT2D eigenvalue weighted by atomic mass is 32.2. The molecule has 4 heteroatoms. The molecule has 0 aromatic rings. The molecular weight excluding hydrogens is 208 g/mol. The van der Waals surface area contributed by atoms with E-state index in [1.54, 1.807) is 16.7 Å². The van der Waals surface area contributed by atoms with Crippen LogP contribution in [-0.2, 0) is 4.79 Å². The van der Waals surface area contributed by atoms with Crippen molar-refractivity contribution in [3.05, 3.63) is 0 Å². The highest BCUT2D eigenvalue weighted by Crippen LogP contribution is 2.00. The number of nitrogens with one attached hydrogen (secondary N) is 1. The van der Waals surface area contributed by atoms with Gasteiger partial charge in [0.25, 0.3) is 0 Å². The van der Waals surface area contributed by atoms with Crippen molar-refractivity contribution in [3.8, 4) is 0 Å². The average Bonchev–Trinajstić information content (AvgIpc) is 2.11. The maximum absolute atomic E-state index is 11.6. The predicted molar refractivity (Wildman–Crippen MR) is 68.4 cm³/mol. The smallest absolute Gasteiger partial charge is 0.223 e. The topological polar surface area (TPSA) is 32.3 Å². The highest BCUT2D eigenvalue weighted by molar-refractivity contribution is 7.98. The van der Waals surface area contributed by atoms with Crippen LogP contribution in [0.25, 0.3) is 0 Å². The zero-order valence-electron chi connectivity index (χ0n) is 10.6. The molecule has 90 valence electrons. The summed E-state index contributed by atoms with van der Waals surface area (Å²) in [6.07, 6.45) is 2.64. The number of nitrogens with zero attached hydrogens (tertiary/aromatic N) is 1. The van der Waals surface area contributed by atoms with Gasteiger partial charge in [-0.1, -0.05) is 0 Å². The highest BCUT2D eigenvalue weighted by Gasteiger charge is 2.11. The first kappa shape index (κ1) is 14.8. The molecular formula is C11H24N2OS. The third-order valence-corrected chi connectivity index (χ3v) is 2.64. The van der Waals surface area contributed by atoms with E-state index in [1.165, 1.54) is 0 Å². The number of carbonyl (C=O) groups excluding carboxylic acids is 1. The summed E-state index contributed by atoms with van der Waals surface area (Å²) in [4.78, 5) is 13.4. The molecule has 0 aliphatic heterocycles. The number of hydrogen-bond donors (Lipinski definition) is 1. The van der Waals surface area contributed by atoms with Crippen LogP contribution < -0.4 is 5.32 Å². The average molecular weight is 232 g/mol. The van der Waals surface area contributed by atoms with Gasteiger partial charge in [0, 0.05) is 37.8 Å². The Bertz CT molecular complexity index is 190. The summed E-state index contributed by atoms with van der Waals surface area (Å²) in [7, 11) is 1.87. The van der Waals surface area contributed by atoms with Gasteiger partial charge in [-0.3, -0.25) is 4.79 Å². The second kappa shape index (κ2) is 7.12. The van der Waals surface area contributed by atoms with Crippen LogP contribution in [0.1, 0.15) is 27.2 Å². The van der Waals surface area contributed by atoms with Crippen molar-refractivity contribution in [2.45, 2.75) is 32.7 Å². The molecule has 0 saturated carbocycles. The van der Waals surface area contributed by atoms with Gasteiger partial charge in [0.15, 0.2) is 0 Å². The van der Waals surface area contributed by atoms with Crippen LogP contribution in [0.2, 0.25) is 0 Å². The minimum atomic E-state index is 0.0954. The van der Waals surface area contributed by atoms with E-state index < -0.39 is 0 Å². The van der Waals surface area contributed by atoms with Gasteiger partial charge in [-0.05, 0) is 27.0 Å². The van der Waals surface area contributed by atoms with Gasteiger partial charge in [0.1, 0.15) is 0 Å². The Morgan fingerprint density at radius 1 is 1.40 bits per heavy atom. The summed E-state index contributed by atoms with van der Waals surface area (Å²) in [6, 6.07) is 0. The Balaban J connectivity index is 3.64. The van der Waals surface area contributed by atoms with Crippen molar-refractivity contribution >= 4 is 17.7 Å². The largest absolute Gasteiger partial charge is 0.345 e. The van der Waals surface area contributed by atoms with E-state index in [-0.39, 0.29) is 11.4 Å². The molecule has 3 nitrogen and oxygen atoms in total. The molecule has 0 fully saturated rings. The molecule has 15 heavy (non-hydrogen) atoms. The van der Waals surface area contributed by atoms with Gasteiger partial charge >= 0.3 is 0 Å². The summed E-state index contributed by atoms with van der Waals surface area (Å²) in [5.74, 6) is 1.23. The van der Waals surface area contributed by atoms with E-state index >= 15 is 0 Å². The zero-order chi connectivity index (χ0) is 11.9. The Hall–Kier alpha value is -0.220. The Morgan fingerprint density at radius 3 is 2.47 bits per heavy atom. The fourth-order valence-corrected chi connectivity index (χ4v) is 1.54. The minimum Gasteiger partial charge on any atom is -0.345 e. The first-order valence-corrected chi connectivity index (χ1v) is 6.74. The Labute approximate surface area is 98.0 Å². The van der Waals surface area contributed by atoms with E-state index in [0.29, 0.717) is 6.42 Å². The lowest BCUT2D eigenvalue weighted by atomic mass is 10.1. The summed E-state index contributed by atoms with van der Waals surface area (Å²) < 4.78 is 0. The first-order chi connectivity index (χ1) is 6.87. The third-order valence-electron chi connectivity index (χ3n) is 2.05. The summed E-state index contributed by atoms with van der Waals surface area (Å²) in [6.45, 7) is 7.92. The standard InChI is InChI=1S/C11H24N2OS/c1-11(2,3)12-7-6-10(14)13(4)8-9-15-5/h12H,6-9H2,1-5H3.